The molecule has 2 rings (SSSR count). The van der Waals surface area contributed by atoms with Crippen molar-refractivity contribution in [2.75, 3.05) is 0 Å². The van der Waals surface area contributed by atoms with Crippen LogP contribution in [0.25, 0.3) is 0 Å². The molecule has 2 unspecified atom stereocenters. The van der Waals surface area contributed by atoms with E-state index in [4.69, 9.17) is 5.73 Å². The first kappa shape index (κ1) is 14.5. The standard InChI is InChI=1S/C14H23N3OS/c1-14(2,13-16-7-8-19-13)17-12(18)9-10-5-3-4-6-11(10)15/h7-8,10-11H,3-6,9,15H2,1-2H3,(H,17,18). The number of amides is 1. The molecule has 0 saturated heterocycles. The minimum Gasteiger partial charge on any atom is -0.345 e. The molecule has 1 aromatic heterocycles. The maximum atomic E-state index is 12.2. The van der Waals surface area contributed by atoms with Crippen molar-refractivity contribution in [3.05, 3.63) is 16.6 Å². The molecule has 2 atom stereocenters. The van der Waals surface area contributed by atoms with Gasteiger partial charge in [0.25, 0.3) is 0 Å². The van der Waals surface area contributed by atoms with Crippen molar-refractivity contribution in [1.29, 1.82) is 0 Å². The van der Waals surface area contributed by atoms with Crippen LogP contribution in [0.15, 0.2) is 11.6 Å². The summed E-state index contributed by atoms with van der Waals surface area (Å²) in [5.41, 5.74) is 5.70. The molecule has 1 aliphatic rings. The molecule has 106 valence electrons. The number of nitrogens with one attached hydrogen (secondary N) is 1. The molecule has 0 aliphatic heterocycles. The van der Waals surface area contributed by atoms with Gasteiger partial charge in [-0.2, -0.15) is 0 Å². The van der Waals surface area contributed by atoms with Crippen LogP contribution in [0.2, 0.25) is 0 Å². The predicted octanol–water partition coefficient (Wildman–Crippen LogP) is 2.40. The summed E-state index contributed by atoms with van der Waals surface area (Å²) in [5.74, 6) is 0.420. The molecule has 0 radical (unpaired) electrons. The average Bonchev–Trinajstić information content (AvgIpc) is 2.85. The second-order valence-corrected chi connectivity index (χ2v) is 6.82. The van der Waals surface area contributed by atoms with Crippen molar-refractivity contribution in [2.24, 2.45) is 11.7 Å². The quantitative estimate of drug-likeness (QED) is 0.890. The van der Waals surface area contributed by atoms with E-state index in [1.54, 1.807) is 17.5 Å². The normalized spacial score (nSPS) is 24.2. The Morgan fingerprint density at radius 3 is 2.89 bits per heavy atom. The van der Waals surface area contributed by atoms with Crippen molar-refractivity contribution >= 4 is 17.2 Å². The van der Waals surface area contributed by atoms with Gasteiger partial charge >= 0.3 is 0 Å². The van der Waals surface area contributed by atoms with Crippen molar-refractivity contribution in [2.45, 2.75) is 57.5 Å². The molecule has 1 fully saturated rings. The summed E-state index contributed by atoms with van der Waals surface area (Å²) < 4.78 is 0. The lowest BCUT2D eigenvalue weighted by atomic mass is 9.82. The van der Waals surface area contributed by atoms with Gasteiger partial charge in [-0.05, 0) is 32.6 Å². The number of aromatic nitrogens is 1. The summed E-state index contributed by atoms with van der Waals surface area (Å²) >= 11 is 1.57. The maximum absolute atomic E-state index is 12.2. The molecule has 1 aromatic rings. The largest absolute Gasteiger partial charge is 0.345 e. The average molecular weight is 281 g/mol. The second-order valence-electron chi connectivity index (χ2n) is 5.92. The first-order valence-electron chi connectivity index (χ1n) is 6.95. The SMILES string of the molecule is CC(C)(NC(=O)CC1CCCCC1N)c1nccs1. The van der Waals surface area contributed by atoms with E-state index in [2.05, 4.69) is 10.3 Å². The van der Waals surface area contributed by atoms with Gasteiger partial charge in [0.15, 0.2) is 0 Å². The molecule has 1 aliphatic carbocycles. The third kappa shape index (κ3) is 3.76. The van der Waals surface area contributed by atoms with Crippen LogP contribution in [-0.4, -0.2) is 16.9 Å². The third-order valence-electron chi connectivity index (χ3n) is 3.83. The monoisotopic (exact) mass is 281 g/mol. The summed E-state index contributed by atoms with van der Waals surface area (Å²) in [6.07, 6.45) is 6.83. The molecule has 0 aromatic carbocycles. The van der Waals surface area contributed by atoms with Gasteiger partial charge < -0.3 is 11.1 Å². The van der Waals surface area contributed by atoms with E-state index < -0.39 is 5.54 Å². The van der Waals surface area contributed by atoms with Gasteiger partial charge in [-0.15, -0.1) is 11.3 Å². The lowest BCUT2D eigenvalue weighted by Gasteiger charge is -2.30. The van der Waals surface area contributed by atoms with Gasteiger partial charge in [-0.25, -0.2) is 4.98 Å². The van der Waals surface area contributed by atoms with E-state index >= 15 is 0 Å². The Bertz CT molecular complexity index is 416. The molecule has 0 spiro atoms. The Kier molecular flexibility index (Phi) is 4.58. The second kappa shape index (κ2) is 6.01. The van der Waals surface area contributed by atoms with Gasteiger partial charge in [-0.3, -0.25) is 4.79 Å². The van der Waals surface area contributed by atoms with Crippen LogP contribution < -0.4 is 11.1 Å². The minimum absolute atomic E-state index is 0.0857. The number of nitrogens with two attached hydrogens (primary N) is 1. The Balaban J connectivity index is 1.90. The van der Waals surface area contributed by atoms with Crippen molar-refractivity contribution in [3.63, 3.8) is 0 Å². The Morgan fingerprint density at radius 1 is 1.53 bits per heavy atom. The summed E-state index contributed by atoms with van der Waals surface area (Å²) in [6.45, 7) is 3.98. The minimum atomic E-state index is -0.399. The number of carbonyl (C=O) groups is 1. The molecule has 0 bridgehead atoms. The Morgan fingerprint density at radius 2 is 2.26 bits per heavy atom. The fraction of sp³-hybridized carbons (Fsp3) is 0.714. The summed E-state index contributed by atoms with van der Waals surface area (Å²) in [7, 11) is 0. The number of nitrogens with zero attached hydrogens (tertiary/aromatic N) is 1. The lowest BCUT2D eigenvalue weighted by Crippen LogP contribution is -2.43. The zero-order chi connectivity index (χ0) is 13.9. The van der Waals surface area contributed by atoms with Crippen LogP contribution in [0.1, 0.15) is 51.0 Å². The molecular formula is C14H23N3OS. The van der Waals surface area contributed by atoms with Crippen molar-refractivity contribution in [3.8, 4) is 0 Å². The topological polar surface area (TPSA) is 68.0 Å². The first-order valence-corrected chi connectivity index (χ1v) is 7.83. The number of hydrogen-bond acceptors (Lipinski definition) is 4. The summed E-state index contributed by atoms with van der Waals surface area (Å²) in [6, 6.07) is 0.183. The van der Waals surface area contributed by atoms with E-state index in [9.17, 15) is 4.79 Å². The fourth-order valence-corrected chi connectivity index (χ4v) is 3.43. The van der Waals surface area contributed by atoms with Crippen LogP contribution >= 0.6 is 11.3 Å². The number of rotatable bonds is 4. The Hall–Kier alpha value is -0.940. The number of carbonyl (C=O) groups excluding carboxylic acids is 1. The Labute approximate surface area is 118 Å². The van der Waals surface area contributed by atoms with E-state index in [-0.39, 0.29) is 11.9 Å². The van der Waals surface area contributed by atoms with Gasteiger partial charge in [0.1, 0.15) is 5.01 Å². The maximum Gasteiger partial charge on any atom is 0.221 e. The highest BCUT2D eigenvalue weighted by atomic mass is 32.1. The fourth-order valence-electron chi connectivity index (χ4n) is 2.71. The molecule has 4 nitrogen and oxygen atoms in total. The van der Waals surface area contributed by atoms with Crippen molar-refractivity contribution in [1.82, 2.24) is 10.3 Å². The van der Waals surface area contributed by atoms with Crippen molar-refractivity contribution < 1.29 is 4.79 Å². The van der Waals surface area contributed by atoms with E-state index in [0.29, 0.717) is 12.3 Å². The highest BCUT2D eigenvalue weighted by Crippen LogP contribution is 2.27. The molecule has 1 heterocycles. The number of thiazole rings is 1. The van der Waals surface area contributed by atoms with E-state index in [1.807, 2.05) is 19.2 Å². The van der Waals surface area contributed by atoms with E-state index in [1.165, 1.54) is 12.8 Å². The van der Waals surface area contributed by atoms with Gasteiger partial charge in [0, 0.05) is 24.0 Å². The third-order valence-corrected chi connectivity index (χ3v) is 4.93. The van der Waals surface area contributed by atoms with Crippen LogP contribution in [0, 0.1) is 5.92 Å². The zero-order valence-electron chi connectivity index (χ0n) is 11.7. The smallest absolute Gasteiger partial charge is 0.221 e. The zero-order valence-corrected chi connectivity index (χ0v) is 12.5. The van der Waals surface area contributed by atoms with Crippen LogP contribution in [0.5, 0.6) is 0 Å². The molecule has 19 heavy (non-hydrogen) atoms. The molecule has 5 heteroatoms. The van der Waals surface area contributed by atoms with Gasteiger partial charge in [0.2, 0.25) is 5.91 Å². The summed E-state index contributed by atoms with van der Waals surface area (Å²) in [5, 5.41) is 5.95. The van der Waals surface area contributed by atoms with E-state index in [0.717, 1.165) is 17.8 Å². The molecular weight excluding hydrogens is 258 g/mol. The van der Waals surface area contributed by atoms with Crippen LogP contribution in [-0.2, 0) is 10.3 Å². The van der Waals surface area contributed by atoms with Gasteiger partial charge in [0.05, 0.1) is 5.54 Å². The van der Waals surface area contributed by atoms with Crippen LogP contribution in [0.3, 0.4) is 0 Å². The number of hydrogen-bond donors (Lipinski definition) is 2. The molecule has 3 N–H and O–H groups in total. The predicted molar refractivity (Wildman–Crippen MR) is 77.8 cm³/mol. The molecule has 1 amide bonds. The first-order chi connectivity index (χ1) is 8.99. The lowest BCUT2D eigenvalue weighted by molar-refractivity contribution is -0.124. The highest BCUT2D eigenvalue weighted by Gasteiger charge is 2.29. The molecule has 1 saturated carbocycles. The van der Waals surface area contributed by atoms with Gasteiger partial charge in [-0.1, -0.05) is 12.8 Å². The summed E-state index contributed by atoms with van der Waals surface area (Å²) in [4.78, 5) is 16.5. The van der Waals surface area contributed by atoms with Crippen LogP contribution in [0.4, 0.5) is 0 Å². The highest BCUT2D eigenvalue weighted by molar-refractivity contribution is 7.09.